The van der Waals surface area contributed by atoms with Gasteiger partial charge in [0.05, 0.1) is 25.1 Å². The number of nitrogens with one attached hydrogen (secondary N) is 2. The first-order chi connectivity index (χ1) is 19.0. The Hall–Kier alpha value is -4.63. The Morgan fingerprint density at radius 1 is 1.05 bits per heavy atom. The highest BCUT2D eigenvalue weighted by atomic mass is 19.1. The molecule has 3 aromatic carbocycles. The molecule has 0 radical (unpaired) electrons. The Labute approximate surface area is 234 Å². The lowest BCUT2D eigenvalue weighted by Gasteiger charge is -2.19. The number of carbonyl (C=O) groups excluding carboxylic acids is 1. The summed E-state index contributed by atoms with van der Waals surface area (Å²) >= 11 is 0. The van der Waals surface area contributed by atoms with E-state index in [1.165, 1.54) is 6.07 Å². The molecule has 0 spiro atoms. The molecule has 5 rings (SSSR count). The smallest absolute Gasteiger partial charge is 0.253 e. The van der Waals surface area contributed by atoms with Crippen LogP contribution >= 0.6 is 0 Å². The lowest BCUT2D eigenvalue weighted by molar-refractivity contribution is 0.0797. The predicted octanol–water partition coefficient (Wildman–Crippen LogP) is 5.31. The van der Waals surface area contributed by atoms with Crippen molar-refractivity contribution in [2.75, 3.05) is 39.6 Å². The summed E-state index contributed by atoms with van der Waals surface area (Å²) in [7, 11) is 5.21. The van der Waals surface area contributed by atoms with Crippen LogP contribution in [-0.2, 0) is 6.54 Å². The number of benzene rings is 3. The van der Waals surface area contributed by atoms with Crippen molar-refractivity contribution in [3.8, 4) is 17.0 Å². The van der Waals surface area contributed by atoms with Crippen LogP contribution in [0.2, 0.25) is 0 Å². The molecule has 206 valence electrons. The van der Waals surface area contributed by atoms with Crippen LogP contribution in [0.3, 0.4) is 0 Å². The maximum absolute atomic E-state index is 15.0. The van der Waals surface area contributed by atoms with E-state index in [1.807, 2.05) is 37.4 Å². The standard InChI is InChI=1S/C30H29FN6O2.CH4/c1-32-13-14-37(2)29(38)19-11-12-23-25(15-19)28(24-9-4-5-10-26(24)31)33-17-20-18-34-30(36-27(20)23)35-21-7-6-8-22(16-21)39-3;/h4-12,15-16,18,32H,13-14,17H2,1-3H3,(H,34,35,36);1H4. The van der Waals surface area contributed by atoms with E-state index in [9.17, 15) is 4.79 Å². The summed E-state index contributed by atoms with van der Waals surface area (Å²) in [5, 5.41) is 6.29. The average molecular weight is 541 g/mol. The summed E-state index contributed by atoms with van der Waals surface area (Å²) in [5.41, 5.74) is 4.94. The second-order valence-corrected chi connectivity index (χ2v) is 9.16. The normalized spacial score (nSPS) is 11.8. The minimum atomic E-state index is -0.387. The average Bonchev–Trinajstić information content (AvgIpc) is 3.12. The number of hydrogen-bond donors (Lipinski definition) is 2. The van der Waals surface area contributed by atoms with Gasteiger partial charge in [0.25, 0.3) is 5.91 Å². The van der Waals surface area contributed by atoms with Gasteiger partial charge in [-0.2, -0.15) is 0 Å². The Morgan fingerprint density at radius 3 is 2.65 bits per heavy atom. The van der Waals surface area contributed by atoms with Gasteiger partial charge < -0.3 is 20.3 Å². The number of aromatic nitrogens is 2. The van der Waals surface area contributed by atoms with E-state index in [0.717, 1.165) is 16.8 Å². The van der Waals surface area contributed by atoms with E-state index in [1.54, 1.807) is 55.6 Å². The molecule has 0 unspecified atom stereocenters. The summed E-state index contributed by atoms with van der Waals surface area (Å²) in [6.07, 6.45) is 1.73. The molecule has 1 aliphatic heterocycles. The molecular formula is C31H33FN6O2. The van der Waals surface area contributed by atoms with Gasteiger partial charge in [0, 0.05) is 65.9 Å². The van der Waals surface area contributed by atoms with Crippen LogP contribution in [-0.4, -0.2) is 60.8 Å². The maximum Gasteiger partial charge on any atom is 0.253 e. The number of nitrogens with zero attached hydrogens (tertiary/aromatic N) is 4. The van der Waals surface area contributed by atoms with Crippen LogP contribution in [0.5, 0.6) is 5.75 Å². The molecule has 8 nitrogen and oxygen atoms in total. The van der Waals surface area contributed by atoms with Gasteiger partial charge >= 0.3 is 0 Å². The fourth-order valence-corrected chi connectivity index (χ4v) is 4.46. The molecule has 0 aliphatic carbocycles. The lowest BCUT2D eigenvalue weighted by atomic mass is 9.93. The molecule has 4 aromatic rings. The first kappa shape index (κ1) is 28.4. The number of fused-ring (bicyclic) bond motifs is 3. The van der Waals surface area contributed by atoms with E-state index in [-0.39, 0.29) is 25.7 Å². The minimum absolute atomic E-state index is 0. The van der Waals surface area contributed by atoms with E-state index < -0.39 is 0 Å². The zero-order valence-electron chi connectivity index (χ0n) is 22.0. The van der Waals surface area contributed by atoms with Gasteiger partial charge in [0.1, 0.15) is 11.6 Å². The van der Waals surface area contributed by atoms with Gasteiger partial charge in [-0.25, -0.2) is 14.4 Å². The highest BCUT2D eigenvalue weighted by molar-refractivity contribution is 6.17. The van der Waals surface area contributed by atoms with Crippen LogP contribution in [0.15, 0.2) is 77.9 Å². The highest BCUT2D eigenvalue weighted by Crippen LogP contribution is 2.34. The van der Waals surface area contributed by atoms with Crippen molar-refractivity contribution >= 4 is 23.3 Å². The summed E-state index contributed by atoms with van der Waals surface area (Å²) in [4.78, 5) is 29.0. The second-order valence-electron chi connectivity index (χ2n) is 9.16. The van der Waals surface area contributed by atoms with Crippen molar-refractivity contribution in [1.82, 2.24) is 20.2 Å². The molecule has 0 bridgehead atoms. The number of anilines is 2. The maximum atomic E-state index is 15.0. The van der Waals surface area contributed by atoms with Gasteiger partial charge in [0.2, 0.25) is 5.95 Å². The quantitative estimate of drug-likeness (QED) is 0.315. The number of amides is 1. The summed E-state index contributed by atoms with van der Waals surface area (Å²) in [6, 6.07) is 19.4. The van der Waals surface area contributed by atoms with Crippen molar-refractivity contribution < 1.29 is 13.9 Å². The lowest BCUT2D eigenvalue weighted by Crippen LogP contribution is -2.32. The first-order valence-corrected chi connectivity index (χ1v) is 12.6. The number of hydrogen-bond acceptors (Lipinski definition) is 7. The molecule has 1 aromatic heterocycles. The zero-order chi connectivity index (χ0) is 27.4. The molecule has 1 aliphatic rings. The predicted molar refractivity (Wildman–Crippen MR) is 157 cm³/mol. The molecule has 2 N–H and O–H groups in total. The third-order valence-corrected chi connectivity index (χ3v) is 6.55. The molecule has 0 atom stereocenters. The van der Waals surface area contributed by atoms with Crippen LogP contribution in [0.1, 0.15) is 34.5 Å². The molecular weight excluding hydrogens is 507 g/mol. The molecule has 1 amide bonds. The third-order valence-electron chi connectivity index (χ3n) is 6.55. The minimum Gasteiger partial charge on any atom is -0.497 e. The number of carbonyl (C=O) groups is 1. The summed E-state index contributed by atoms with van der Waals surface area (Å²) in [5.74, 6) is 0.588. The number of rotatable bonds is 8. The van der Waals surface area contributed by atoms with Gasteiger partial charge in [-0.1, -0.05) is 31.7 Å². The Bertz CT molecular complexity index is 1550. The largest absolute Gasteiger partial charge is 0.497 e. The van der Waals surface area contributed by atoms with Gasteiger partial charge in [0.15, 0.2) is 0 Å². The Kier molecular flexibility index (Phi) is 8.86. The Morgan fingerprint density at radius 2 is 1.88 bits per heavy atom. The van der Waals surface area contributed by atoms with E-state index in [4.69, 9.17) is 14.7 Å². The number of likely N-dealkylation sites (N-methyl/N-ethyl adjacent to an activating group) is 2. The third kappa shape index (κ3) is 5.84. The van der Waals surface area contributed by atoms with Crippen molar-refractivity contribution in [2.45, 2.75) is 14.0 Å². The van der Waals surface area contributed by atoms with Crippen molar-refractivity contribution in [2.24, 2.45) is 4.99 Å². The van der Waals surface area contributed by atoms with E-state index in [2.05, 4.69) is 15.6 Å². The fourth-order valence-electron chi connectivity index (χ4n) is 4.46. The summed E-state index contributed by atoms with van der Waals surface area (Å²) < 4.78 is 20.3. The molecule has 2 heterocycles. The zero-order valence-corrected chi connectivity index (χ0v) is 22.0. The number of methoxy groups -OCH3 is 1. The molecule has 40 heavy (non-hydrogen) atoms. The second kappa shape index (κ2) is 12.5. The van der Waals surface area contributed by atoms with E-state index in [0.29, 0.717) is 52.9 Å². The van der Waals surface area contributed by atoms with Gasteiger partial charge in [-0.15, -0.1) is 0 Å². The molecule has 0 saturated carbocycles. The fraction of sp³-hybridized carbons (Fsp3) is 0.226. The van der Waals surface area contributed by atoms with Gasteiger partial charge in [-0.3, -0.25) is 9.79 Å². The topological polar surface area (TPSA) is 91.7 Å². The van der Waals surface area contributed by atoms with Crippen LogP contribution in [0.4, 0.5) is 16.0 Å². The van der Waals surface area contributed by atoms with Crippen molar-refractivity contribution in [3.05, 3.63) is 101 Å². The molecule has 9 heteroatoms. The van der Waals surface area contributed by atoms with Crippen LogP contribution in [0.25, 0.3) is 11.3 Å². The number of aliphatic imine (C=N–C) groups is 1. The molecule has 0 fully saturated rings. The number of halogens is 1. The number of ether oxygens (including phenoxy) is 1. The summed E-state index contributed by atoms with van der Waals surface area (Å²) in [6.45, 7) is 1.48. The van der Waals surface area contributed by atoms with Gasteiger partial charge in [-0.05, 0) is 43.4 Å². The molecule has 0 saturated heterocycles. The van der Waals surface area contributed by atoms with Crippen molar-refractivity contribution in [1.29, 1.82) is 0 Å². The highest BCUT2D eigenvalue weighted by Gasteiger charge is 2.24. The van der Waals surface area contributed by atoms with Crippen LogP contribution in [0, 0.1) is 5.82 Å². The van der Waals surface area contributed by atoms with E-state index >= 15 is 4.39 Å². The Balaban J connectivity index is 0.00000370. The van der Waals surface area contributed by atoms with Crippen LogP contribution < -0.4 is 15.4 Å². The first-order valence-electron chi connectivity index (χ1n) is 12.6. The SMILES string of the molecule is C.CNCCN(C)C(=O)c1ccc2c(c1)C(c1ccccc1F)=NCc1cnc(Nc3cccc(OC)c3)nc1-2. The monoisotopic (exact) mass is 540 g/mol. The van der Waals surface area contributed by atoms with Crippen molar-refractivity contribution in [3.63, 3.8) is 0 Å².